The van der Waals surface area contributed by atoms with Gasteiger partial charge in [0.05, 0.1) is 6.54 Å². The van der Waals surface area contributed by atoms with E-state index in [9.17, 15) is 4.79 Å². The van der Waals surface area contributed by atoms with Crippen LogP contribution in [0, 0.1) is 6.92 Å². The second kappa shape index (κ2) is 7.01. The van der Waals surface area contributed by atoms with Crippen LogP contribution in [0.1, 0.15) is 31.4 Å². The molecule has 1 N–H and O–H groups in total. The Morgan fingerprint density at radius 1 is 1.53 bits per heavy atom. The minimum Gasteiger partial charge on any atom is -0.382 e. The van der Waals surface area contributed by atoms with Gasteiger partial charge in [-0.05, 0) is 20.3 Å². The number of hydrogen-bond donors (Lipinski definition) is 1. The van der Waals surface area contributed by atoms with Gasteiger partial charge in [-0.25, -0.2) is 4.98 Å². The highest BCUT2D eigenvalue weighted by molar-refractivity contribution is 5.75. The Balaban J connectivity index is 2.27. The Morgan fingerprint density at radius 3 is 2.88 bits per heavy atom. The van der Waals surface area contributed by atoms with Crippen LogP contribution in [0.15, 0.2) is 0 Å². The predicted molar refractivity (Wildman–Crippen MR) is 63.3 cm³/mol. The molecule has 0 spiro atoms. The molecule has 1 heterocycles. The van der Waals surface area contributed by atoms with Crippen LogP contribution >= 0.6 is 0 Å². The van der Waals surface area contributed by atoms with Crippen LogP contribution in [-0.4, -0.2) is 46.2 Å². The lowest BCUT2D eigenvalue weighted by Crippen LogP contribution is -2.26. The average Bonchev–Trinajstić information content (AvgIpc) is 2.70. The third-order valence-electron chi connectivity index (χ3n) is 2.33. The molecule has 1 aromatic rings. The highest BCUT2D eigenvalue weighted by atomic mass is 16.5. The third kappa shape index (κ3) is 4.95. The maximum Gasteiger partial charge on any atom is 0.222 e. The Morgan fingerprint density at radius 2 is 2.29 bits per heavy atom. The van der Waals surface area contributed by atoms with Crippen LogP contribution < -0.4 is 0 Å². The van der Waals surface area contributed by atoms with Gasteiger partial charge < -0.3 is 9.64 Å². The van der Waals surface area contributed by atoms with Gasteiger partial charge in [-0.2, -0.15) is 5.10 Å². The molecule has 17 heavy (non-hydrogen) atoms. The number of carbonyl (C=O) groups is 1. The predicted octanol–water partition coefficient (Wildman–Crippen LogP) is 0.888. The molecule has 0 aromatic carbocycles. The topological polar surface area (TPSA) is 71.1 Å². The summed E-state index contributed by atoms with van der Waals surface area (Å²) in [7, 11) is 1.76. The van der Waals surface area contributed by atoms with Gasteiger partial charge in [0.2, 0.25) is 5.91 Å². The Labute approximate surface area is 101 Å². The Kier molecular flexibility index (Phi) is 5.62. The lowest BCUT2D eigenvalue weighted by molar-refractivity contribution is -0.130. The fourth-order valence-corrected chi connectivity index (χ4v) is 1.42. The summed E-state index contributed by atoms with van der Waals surface area (Å²) in [5.41, 5.74) is 0. The van der Waals surface area contributed by atoms with Crippen molar-refractivity contribution in [1.82, 2.24) is 20.1 Å². The lowest BCUT2D eigenvalue weighted by Gasteiger charge is -2.14. The molecule has 96 valence electrons. The summed E-state index contributed by atoms with van der Waals surface area (Å²) in [5.74, 6) is 1.49. The van der Waals surface area contributed by atoms with E-state index in [1.165, 1.54) is 0 Å². The van der Waals surface area contributed by atoms with Crippen LogP contribution in [0.3, 0.4) is 0 Å². The molecule has 0 radical (unpaired) electrons. The van der Waals surface area contributed by atoms with Crippen molar-refractivity contribution in [2.24, 2.45) is 0 Å². The molecule has 0 aliphatic carbocycles. The van der Waals surface area contributed by atoms with E-state index in [0.29, 0.717) is 32.0 Å². The second-order valence-corrected chi connectivity index (χ2v) is 3.89. The first-order valence-corrected chi connectivity index (χ1v) is 5.83. The number of rotatable bonds is 7. The van der Waals surface area contributed by atoms with Crippen molar-refractivity contribution in [1.29, 1.82) is 0 Å². The summed E-state index contributed by atoms with van der Waals surface area (Å²) in [6, 6.07) is 0. The number of amides is 1. The first-order valence-electron chi connectivity index (χ1n) is 5.83. The van der Waals surface area contributed by atoms with Crippen LogP contribution in [0.2, 0.25) is 0 Å². The number of aromatic nitrogens is 3. The highest BCUT2D eigenvalue weighted by Gasteiger charge is 2.11. The van der Waals surface area contributed by atoms with Crippen molar-refractivity contribution < 1.29 is 9.53 Å². The molecule has 1 rings (SSSR count). The van der Waals surface area contributed by atoms with Crippen molar-refractivity contribution in [2.75, 3.05) is 20.3 Å². The number of aromatic amines is 1. The normalized spacial score (nSPS) is 10.5. The number of ether oxygens (including phenoxy) is 1. The van der Waals surface area contributed by atoms with Gasteiger partial charge in [0.1, 0.15) is 5.82 Å². The van der Waals surface area contributed by atoms with E-state index < -0.39 is 0 Å². The zero-order chi connectivity index (χ0) is 12.7. The van der Waals surface area contributed by atoms with Gasteiger partial charge in [0.25, 0.3) is 0 Å². The maximum atomic E-state index is 11.7. The molecule has 1 aromatic heterocycles. The first-order chi connectivity index (χ1) is 8.13. The van der Waals surface area contributed by atoms with Crippen molar-refractivity contribution in [3.63, 3.8) is 0 Å². The van der Waals surface area contributed by atoms with E-state index in [-0.39, 0.29) is 5.91 Å². The van der Waals surface area contributed by atoms with Crippen molar-refractivity contribution in [2.45, 2.75) is 33.2 Å². The minimum atomic E-state index is 0.0900. The SMILES string of the molecule is CCOCCCC(=O)N(C)Cc1n[nH]c(C)n1. The number of carbonyl (C=O) groups excluding carboxylic acids is 1. The molecule has 0 saturated heterocycles. The van der Waals surface area contributed by atoms with Crippen LogP contribution in [-0.2, 0) is 16.1 Å². The molecule has 6 heteroatoms. The van der Waals surface area contributed by atoms with Gasteiger partial charge >= 0.3 is 0 Å². The molecule has 0 bridgehead atoms. The summed E-state index contributed by atoms with van der Waals surface area (Å²) < 4.78 is 5.18. The summed E-state index contributed by atoms with van der Waals surface area (Å²) in [6.45, 7) is 5.55. The Bertz CT molecular complexity index is 351. The van der Waals surface area contributed by atoms with E-state index in [0.717, 1.165) is 12.2 Å². The van der Waals surface area contributed by atoms with Gasteiger partial charge in [-0.15, -0.1) is 0 Å². The van der Waals surface area contributed by atoms with Crippen molar-refractivity contribution >= 4 is 5.91 Å². The second-order valence-electron chi connectivity index (χ2n) is 3.89. The van der Waals surface area contributed by atoms with Crippen molar-refractivity contribution in [3.8, 4) is 0 Å². The monoisotopic (exact) mass is 240 g/mol. The van der Waals surface area contributed by atoms with E-state index in [2.05, 4.69) is 15.2 Å². The summed E-state index contributed by atoms with van der Waals surface area (Å²) in [6.07, 6.45) is 1.25. The molecule has 0 fully saturated rings. The van der Waals surface area contributed by atoms with E-state index in [1.807, 2.05) is 13.8 Å². The zero-order valence-corrected chi connectivity index (χ0v) is 10.7. The minimum absolute atomic E-state index is 0.0900. The van der Waals surface area contributed by atoms with Gasteiger partial charge in [0, 0.05) is 26.7 Å². The zero-order valence-electron chi connectivity index (χ0n) is 10.7. The fourth-order valence-electron chi connectivity index (χ4n) is 1.42. The smallest absolute Gasteiger partial charge is 0.222 e. The van der Waals surface area contributed by atoms with Crippen LogP contribution in [0.25, 0.3) is 0 Å². The lowest BCUT2D eigenvalue weighted by atomic mass is 10.3. The summed E-state index contributed by atoms with van der Waals surface area (Å²) >= 11 is 0. The van der Waals surface area contributed by atoms with E-state index in [1.54, 1.807) is 11.9 Å². The van der Waals surface area contributed by atoms with E-state index in [4.69, 9.17) is 4.74 Å². The maximum absolute atomic E-state index is 11.7. The van der Waals surface area contributed by atoms with Crippen LogP contribution in [0.5, 0.6) is 0 Å². The molecular weight excluding hydrogens is 220 g/mol. The van der Waals surface area contributed by atoms with Crippen LogP contribution in [0.4, 0.5) is 0 Å². The standard InChI is InChI=1S/C11H20N4O2/c1-4-17-7-5-6-11(16)15(3)8-10-12-9(2)13-14-10/h4-8H2,1-3H3,(H,12,13,14). The summed E-state index contributed by atoms with van der Waals surface area (Å²) in [5, 5.41) is 6.75. The number of aryl methyl sites for hydroxylation is 1. The number of nitrogens with zero attached hydrogens (tertiary/aromatic N) is 3. The third-order valence-corrected chi connectivity index (χ3v) is 2.33. The van der Waals surface area contributed by atoms with Gasteiger partial charge in [0.15, 0.2) is 5.82 Å². The first kappa shape index (κ1) is 13.6. The molecule has 0 saturated carbocycles. The molecule has 1 amide bonds. The molecule has 0 unspecified atom stereocenters. The largest absolute Gasteiger partial charge is 0.382 e. The summed E-state index contributed by atoms with van der Waals surface area (Å²) in [4.78, 5) is 17.5. The van der Waals surface area contributed by atoms with Crippen molar-refractivity contribution in [3.05, 3.63) is 11.6 Å². The molecule has 0 aliphatic heterocycles. The van der Waals surface area contributed by atoms with Gasteiger partial charge in [-0.1, -0.05) is 0 Å². The van der Waals surface area contributed by atoms with E-state index >= 15 is 0 Å². The quantitative estimate of drug-likeness (QED) is 0.718. The Hall–Kier alpha value is -1.43. The molecule has 6 nitrogen and oxygen atoms in total. The van der Waals surface area contributed by atoms with Gasteiger partial charge in [-0.3, -0.25) is 9.89 Å². The molecular formula is C11H20N4O2. The fraction of sp³-hybridized carbons (Fsp3) is 0.727. The molecule has 0 atom stereocenters. The number of hydrogen-bond acceptors (Lipinski definition) is 4. The highest BCUT2D eigenvalue weighted by Crippen LogP contribution is 2.01. The number of H-pyrrole nitrogens is 1. The average molecular weight is 240 g/mol. The molecule has 0 aliphatic rings. The number of nitrogens with one attached hydrogen (secondary N) is 1.